The van der Waals surface area contributed by atoms with E-state index < -0.39 is 5.91 Å². The van der Waals surface area contributed by atoms with E-state index in [0.717, 1.165) is 23.8 Å². The number of hydrogen-bond acceptors (Lipinski definition) is 5. The molecule has 0 aliphatic carbocycles. The van der Waals surface area contributed by atoms with Gasteiger partial charge in [-0.25, -0.2) is 4.98 Å². The Balaban J connectivity index is 1.75. The Bertz CT molecular complexity index is 516. The van der Waals surface area contributed by atoms with Gasteiger partial charge in [-0.05, 0) is 6.92 Å². The van der Waals surface area contributed by atoms with Crippen LogP contribution in [0.1, 0.15) is 10.7 Å². The lowest BCUT2D eigenvalue weighted by molar-refractivity contribution is -0.160. The molecule has 102 valence electrons. The van der Waals surface area contributed by atoms with E-state index in [2.05, 4.69) is 10.3 Å². The number of nitrogens with one attached hydrogen (secondary N) is 1. The summed E-state index contributed by atoms with van der Waals surface area (Å²) in [5.41, 5.74) is 0.955. The summed E-state index contributed by atoms with van der Waals surface area (Å²) in [4.78, 5) is 31.8. The maximum absolute atomic E-state index is 12.1. The van der Waals surface area contributed by atoms with Crippen LogP contribution < -0.4 is 5.32 Å². The SMILES string of the molecule is Cc1csc(CN2CC3CNCCN3C(=O)C2=O)n1. The summed E-state index contributed by atoms with van der Waals surface area (Å²) in [5.74, 6) is -0.767. The molecule has 3 rings (SSSR count). The minimum absolute atomic E-state index is 0.0972. The van der Waals surface area contributed by atoms with Crippen LogP contribution in [-0.4, -0.2) is 58.8 Å². The van der Waals surface area contributed by atoms with Crippen molar-refractivity contribution in [2.45, 2.75) is 19.5 Å². The maximum atomic E-state index is 12.1. The van der Waals surface area contributed by atoms with Gasteiger partial charge in [-0.3, -0.25) is 9.59 Å². The molecule has 1 N–H and O–H groups in total. The van der Waals surface area contributed by atoms with Gasteiger partial charge in [-0.15, -0.1) is 11.3 Å². The van der Waals surface area contributed by atoms with Gasteiger partial charge in [0.05, 0.1) is 12.6 Å². The number of hydrogen-bond donors (Lipinski definition) is 1. The van der Waals surface area contributed by atoms with Gasteiger partial charge in [0, 0.05) is 37.3 Å². The third-order valence-corrected chi connectivity index (χ3v) is 4.46. The molecule has 2 fully saturated rings. The van der Waals surface area contributed by atoms with E-state index in [4.69, 9.17) is 0 Å². The van der Waals surface area contributed by atoms with Gasteiger partial charge in [0.2, 0.25) is 0 Å². The van der Waals surface area contributed by atoms with Crippen LogP contribution in [-0.2, 0) is 16.1 Å². The number of aryl methyl sites for hydroxylation is 1. The van der Waals surface area contributed by atoms with Crippen molar-refractivity contribution in [1.29, 1.82) is 0 Å². The van der Waals surface area contributed by atoms with Crippen LogP contribution >= 0.6 is 11.3 Å². The molecular formula is C12H16N4O2S. The van der Waals surface area contributed by atoms with Crippen LogP contribution in [0.15, 0.2) is 5.38 Å². The van der Waals surface area contributed by atoms with E-state index in [1.807, 2.05) is 12.3 Å². The van der Waals surface area contributed by atoms with Crippen LogP contribution in [0.25, 0.3) is 0 Å². The summed E-state index contributed by atoms with van der Waals surface area (Å²) in [6, 6.07) is 0.0972. The van der Waals surface area contributed by atoms with Gasteiger partial charge in [0.25, 0.3) is 0 Å². The number of piperazine rings is 2. The summed E-state index contributed by atoms with van der Waals surface area (Å²) in [5, 5.41) is 6.11. The molecule has 19 heavy (non-hydrogen) atoms. The number of aromatic nitrogens is 1. The average Bonchev–Trinajstić information content (AvgIpc) is 2.81. The number of thiazole rings is 1. The van der Waals surface area contributed by atoms with Crippen LogP contribution in [0.3, 0.4) is 0 Å². The molecule has 0 bridgehead atoms. The van der Waals surface area contributed by atoms with Crippen LogP contribution in [0.4, 0.5) is 0 Å². The van der Waals surface area contributed by atoms with Gasteiger partial charge < -0.3 is 15.1 Å². The molecule has 1 aromatic rings. The molecule has 0 aromatic carbocycles. The number of amides is 2. The van der Waals surface area contributed by atoms with Crippen molar-refractivity contribution in [1.82, 2.24) is 20.1 Å². The summed E-state index contributed by atoms with van der Waals surface area (Å²) in [6.45, 7) is 5.10. The average molecular weight is 280 g/mol. The third kappa shape index (κ3) is 2.35. The molecule has 0 saturated carbocycles. The van der Waals surface area contributed by atoms with Crippen molar-refractivity contribution in [2.75, 3.05) is 26.2 Å². The Labute approximate surface area is 115 Å². The smallest absolute Gasteiger partial charge is 0.312 e. The maximum Gasteiger partial charge on any atom is 0.312 e. The molecule has 3 heterocycles. The van der Waals surface area contributed by atoms with Gasteiger partial charge >= 0.3 is 11.8 Å². The van der Waals surface area contributed by atoms with Crippen LogP contribution in [0, 0.1) is 6.92 Å². The second kappa shape index (κ2) is 4.90. The van der Waals surface area contributed by atoms with Gasteiger partial charge in [-0.2, -0.15) is 0 Å². The van der Waals surface area contributed by atoms with Crippen LogP contribution in [0.2, 0.25) is 0 Å². The Morgan fingerprint density at radius 1 is 1.47 bits per heavy atom. The van der Waals surface area contributed by atoms with E-state index in [1.165, 1.54) is 11.3 Å². The normalized spacial score (nSPS) is 23.7. The predicted octanol–water partition coefficient (Wildman–Crippen LogP) is -0.406. The van der Waals surface area contributed by atoms with Crippen molar-refractivity contribution < 1.29 is 9.59 Å². The van der Waals surface area contributed by atoms with Crippen molar-refractivity contribution in [3.63, 3.8) is 0 Å². The minimum Gasteiger partial charge on any atom is -0.327 e. The topological polar surface area (TPSA) is 65.5 Å². The van der Waals surface area contributed by atoms with E-state index in [-0.39, 0.29) is 11.9 Å². The van der Waals surface area contributed by atoms with Gasteiger partial charge in [0.1, 0.15) is 5.01 Å². The number of nitrogens with zero attached hydrogens (tertiary/aromatic N) is 3. The zero-order valence-electron chi connectivity index (χ0n) is 10.8. The number of fused-ring (bicyclic) bond motifs is 1. The van der Waals surface area contributed by atoms with E-state index in [9.17, 15) is 9.59 Å². The fourth-order valence-corrected chi connectivity index (χ4v) is 3.35. The molecule has 1 aromatic heterocycles. The van der Waals surface area contributed by atoms with Crippen molar-refractivity contribution in [2.24, 2.45) is 0 Å². The lowest BCUT2D eigenvalue weighted by atomic mass is 10.1. The Hall–Kier alpha value is -1.47. The molecule has 2 aliphatic heterocycles. The lowest BCUT2D eigenvalue weighted by Gasteiger charge is -2.43. The van der Waals surface area contributed by atoms with E-state index in [1.54, 1.807) is 9.80 Å². The second-order valence-electron chi connectivity index (χ2n) is 4.92. The highest BCUT2D eigenvalue weighted by Gasteiger charge is 2.40. The van der Waals surface area contributed by atoms with Gasteiger partial charge in [0.15, 0.2) is 0 Å². The monoisotopic (exact) mass is 280 g/mol. The van der Waals surface area contributed by atoms with Crippen molar-refractivity contribution in [3.05, 3.63) is 16.1 Å². The Kier molecular flexibility index (Phi) is 3.24. The minimum atomic E-state index is -0.397. The first-order valence-corrected chi connectivity index (χ1v) is 7.24. The predicted molar refractivity (Wildman–Crippen MR) is 70.6 cm³/mol. The largest absolute Gasteiger partial charge is 0.327 e. The Morgan fingerprint density at radius 3 is 3.05 bits per heavy atom. The summed E-state index contributed by atoms with van der Waals surface area (Å²) >= 11 is 1.53. The molecule has 0 spiro atoms. The quantitative estimate of drug-likeness (QED) is 0.748. The highest BCUT2D eigenvalue weighted by molar-refractivity contribution is 7.09. The highest BCUT2D eigenvalue weighted by atomic mass is 32.1. The molecule has 7 heteroatoms. The first kappa shape index (κ1) is 12.6. The summed E-state index contributed by atoms with van der Waals surface area (Å²) in [7, 11) is 0. The standard InChI is InChI=1S/C12H16N4O2S/c1-8-7-19-10(14-8)6-15-5-9-4-13-2-3-16(9)12(18)11(15)17/h7,9,13H,2-6H2,1H3. The second-order valence-corrected chi connectivity index (χ2v) is 5.87. The molecule has 1 unspecified atom stereocenters. The molecule has 2 amide bonds. The highest BCUT2D eigenvalue weighted by Crippen LogP contribution is 2.18. The van der Waals surface area contributed by atoms with Crippen LogP contribution in [0.5, 0.6) is 0 Å². The molecular weight excluding hydrogens is 264 g/mol. The first-order chi connectivity index (χ1) is 9.15. The zero-order chi connectivity index (χ0) is 13.4. The number of carbonyl (C=O) groups excluding carboxylic acids is 2. The number of rotatable bonds is 2. The fraction of sp³-hybridized carbons (Fsp3) is 0.583. The van der Waals surface area contributed by atoms with E-state index in [0.29, 0.717) is 19.6 Å². The Morgan fingerprint density at radius 2 is 2.32 bits per heavy atom. The zero-order valence-corrected chi connectivity index (χ0v) is 11.6. The van der Waals surface area contributed by atoms with E-state index >= 15 is 0 Å². The molecule has 2 saturated heterocycles. The summed E-state index contributed by atoms with van der Waals surface area (Å²) < 4.78 is 0. The molecule has 1 atom stereocenters. The molecule has 2 aliphatic rings. The summed E-state index contributed by atoms with van der Waals surface area (Å²) in [6.07, 6.45) is 0. The third-order valence-electron chi connectivity index (χ3n) is 3.51. The van der Waals surface area contributed by atoms with Crippen molar-refractivity contribution in [3.8, 4) is 0 Å². The first-order valence-electron chi connectivity index (χ1n) is 6.37. The fourth-order valence-electron chi connectivity index (χ4n) is 2.56. The molecule has 6 nitrogen and oxygen atoms in total. The molecule has 0 radical (unpaired) electrons. The lowest BCUT2D eigenvalue weighted by Crippen LogP contribution is -2.65. The van der Waals surface area contributed by atoms with Gasteiger partial charge in [-0.1, -0.05) is 0 Å². The number of carbonyl (C=O) groups is 2. The van der Waals surface area contributed by atoms with Crippen molar-refractivity contribution >= 4 is 23.2 Å².